The standard InChI is InChI=1S/C17H13FN2O3S/c18-11-3-1-2-4-13(11)23-14-5-6-19-12-7-15(24-16(12)14)17(22)20-8-10(21)9-20/h1-7,10,21H,8-9H2. The number of hydrogen-bond donors (Lipinski definition) is 1. The molecule has 24 heavy (non-hydrogen) atoms. The van der Waals surface area contributed by atoms with Crippen molar-refractivity contribution in [3.63, 3.8) is 0 Å². The van der Waals surface area contributed by atoms with E-state index in [2.05, 4.69) is 4.98 Å². The van der Waals surface area contributed by atoms with E-state index in [0.29, 0.717) is 33.9 Å². The Morgan fingerprint density at radius 1 is 1.29 bits per heavy atom. The van der Waals surface area contributed by atoms with Crippen molar-refractivity contribution < 1.29 is 19.0 Å². The summed E-state index contributed by atoms with van der Waals surface area (Å²) in [6.45, 7) is 0.693. The Bertz CT molecular complexity index is 921. The van der Waals surface area contributed by atoms with Crippen LogP contribution in [-0.4, -0.2) is 40.1 Å². The summed E-state index contributed by atoms with van der Waals surface area (Å²) in [5, 5.41) is 9.33. The van der Waals surface area contributed by atoms with E-state index >= 15 is 0 Å². The number of para-hydroxylation sites is 1. The number of carbonyl (C=O) groups excluding carboxylic acids is 1. The van der Waals surface area contributed by atoms with E-state index in [9.17, 15) is 14.3 Å². The van der Waals surface area contributed by atoms with Crippen molar-refractivity contribution in [3.05, 3.63) is 53.3 Å². The number of nitrogens with zero attached hydrogens (tertiary/aromatic N) is 2. The number of aliphatic hydroxyl groups excluding tert-OH is 1. The van der Waals surface area contributed by atoms with Crippen LogP contribution in [0.1, 0.15) is 9.67 Å². The number of rotatable bonds is 3. The molecular weight excluding hydrogens is 331 g/mol. The smallest absolute Gasteiger partial charge is 0.264 e. The molecule has 1 aliphatic heterocycles. The van der Waals surface area contributed by atoms with Crippen LogP contribution >= 0.6 is 11.3 Å². The molecule has 1 saturated heterocycles. The molecule has 2 aromatic heterocycles. The summed E-state index contributed by atoms with van der Waals surface area (Å²) in [5.74, 6) is -0.0139. The fourth-order valence-corrected chi connectivity index (χ4v) is 3.56. The van der Waals surface area contributed by atoms with Gasteiger partial charge in [-0.3, -0.25) is 9.78 Å². The van der Waals surface area contributed by atoms with Crippen molar-refractivity contribution >= 4 is 27.5 Å². The second-order valence-corrected chi connectivity index (χ2v) is 6.58. The first-order valence-electron chi connectivity index (χ1n) is 7.40. The summed E-state index contributed by atoms with van der Waals surface area (Å²) in [7, 11) is 0. The van der Waals surface area contributed by atoms with Crippen molar-refractivity contribution in [2.24, 2.45) is 0 Å². The molecule has 0 aliphatic carbocycles. The number of amides is 1. The Balaban J connectivity index is 1.67. The number of likely N-dealkylation sites (tertiary alicyclic amines) is 1. The third kappa shape index (κ3) is 2.61. The molecule has 1 fully saturated rings. The van der Waals surface area contributed by atoms with Gasteiger partial charge >= 0.3 is 0 Å². The number of hydrogen-bond acceptors (Lipinski definition) is 5. The summed E-state index contributed by atoms with van der Waals surface area (Å²) in [6, 6.07) is 9.49. The lowest BCUT2D eigenvalue weighted by Gasteiger charge is -2.35. The van der Waals surface area contributed by atoms with Gasteiger partial charge in [-0.2, -0.15) is 0 Å². The SMILES string of the molecule is O=C(c1cc2nccc(Oc3ccccc3F)c2s1)N1CC(O)C1. The second-order valence-electron chi connectivity index (χ2n) is 5.53. The zero-order chi connectivity index (χ0) is 16.7. The van der Waals surface area contributed by atoms with Gasteiger partial charge in [-0.1, -0.05) is 12.1 Å². The third-order valence-corrected chi connectivity index (χ3v) is 4.92. The number of thiophene rings is 1. The monoisotopic (exact) mass is 344 g/mol. The molecule has 1 aromatic carbocycles. The maximum Gasteiger partial charge on any atom is 0.264 e. The summed E-state index contributed by atoms with van der Waals surface area (Å²) in [6.07, 6.45) is 1.12. The second kappa shape index (κ2) is 5.85. The van der Waals surface area contributed by atoms with Crippen LogP contribution in [0.5, 0.6) is 11.5 Å². The Kier molecular flexibility index (Phi) is 3.66. The number of carbonyl (C=O) groups is 1. The summed E-state index contributed by atoms with van der Waals surface area (Å²) in [5.41, 5.74) is 0.623. The third-order valence-electron chi connectivity index (χ3n) is 3.79. The number of halogens is 1. The van der Waals surface area contributed by atoms with Crippen molar-refractivity contribution in [3.8, 4) is 11.5 Å². The summed E-state index contributed by atoms with van der Waals surface area (Å²) >= 11 is 1.25. The molecule has 0 spiro atoms. The molecule has 5 nitrogen and oxygen atoms in total. The Labute approximate surface area is 140 Å². The van der Waals surface area contributed by atoms with Crippen molar-refractivity contribution in [1.29, 1.82) is 0 Å². The fourth-order valence-electron chi connectivity index (χ4n) is 2.52. The van der Waals surface area contributed by atoms with Gasteiger partial charge in [0.25, 0.3) is 5.91 Å². The first-order valence-corrected chi connectivity index (χ1v) is 8.22. The van der Waals surface area contributed by atoms with Crippen LogP contribution in [0, 0.1) is 5.82 Å². The lowest BCUT2D eigenvalue weighted by Crippen LogP contribution is -2.53. The van der Waals surface area contributed by atoms with Gasteiger partial charge in [-0.05, 0) is 18.2 Å². The van der Waals surface area contributed by atoms with E-state index in [1.807, 2.05) is 0 Å². The summed E-state index contributed by atoms with van der Waals surface area (Å²) < 4.78 is 20.1. The highest BCUT2D eigenvalue weighted by atomic mass is 32.1. The van der Waals surface area contributed by atoms with Crippen LogP contribution in [0.25, 0.3) is 10.2 Å². The van der Waals surface area contributed by atoms with Crippen molar-refractivity contribution in [2.75, 3.05) is 13.1 Å². The van der Waals surface area contributed by atoms with Crippen LogP contribution in [0.15, 0.2) is 42.6 Å². The molecule has 122 valence electrons. The first-order chi connectivity index (χ1) is 11.6. The number of fused-ring (bicyclic) bond motifs is 1. The number of ether oxygens (including phenoxy) is 1. The quantitative estimate of drug-likeness (QED) is 0.793. The number of benzene rings is 1. The average molecular weight is 344 g/mol. The van der Waals surface area contributed by atoms with Crippen LogP contribution in [-0.2, 0) is 0 Å². The molecular formula is C17H13FN2O3S. The lowest BCUT2D eigenvalue weighted by atomic mass is 10.1. The predicted molar refractivity (Wildman–Crippen MR) is 88.0 cm³/mol. The molecule has 3 aromatic rings. The zero-order valence-electron chi connectivity index (χ0n) is 12.5. The minimum absolute atomic E-state index is 0.122. The maximum absolute atomic E-state index is 13.8. The molecule has 0 unspecified atom stereocenters. The van der Waals surface area contributed by atoms with E-state index in [1.165, 1.54) is 17.4 Å². The molecule has 1 amide bonds. The van der Waals surface area contributed by atoms with E-state index in [-0.39, 0.29) is 11.7 Å². The Morgan fingerprint density at radius 3 is 2.83 bits per heavy atom. The van der Waals surface area contributed by atoms with Crippen LogP contribution < -0.4 is 4.74 Å². The van der Waals surface area contributed by atoms with Crippen LogP contribution in [0.4, 0.5) is 4.39 Å². The van der Waals surface area contributed by atoms with E-state index in [4.69, 9.17) is 4.74 Å². The molecule has 7 heteroatoms. The van der Waals surface area contributed by atoms with Gasteiger partial charge in [0.05, 0.1) is 21.2 Å². The van der Waals surface area contributed by atoms with Gasteiger partial charge in [0, 0.05) is 25.4 Å². The fraction of sp³-hybridized carbons (Fsp3) is 0.176. The average Bonchev–Trinajstić information content (AvgIpc) is 2.99. The number of pyridine rings is 1. The topological polar surface area (TPSA) is 62.7 Å². The number of β-amino-alcohol motifs (C(OH)–C–C–N with tert-alkyl or cyclic N) is 1. The van der Waals surface area contributed by atoms with Crippen molar-refractivity contribution in [1.82, 2.24) is 9.88 Å². The predicted octanol–water partition coefficient (Wildman–Crippen LogP) is 3.04. The highest BCUT2D eigenvalue weighted by Gasteiger charge is 2.30. The van der Waals surface area contributed by atoms with E-state index in [1.54, 1.807) is 41.4 Å². The highest BCUT2D eigenvalue weighted by Crippen LogP contribution is 2.36. The molecule has 1 aliphatic rings. The minimum Gasteiger partial charge on any atom is -0.453 e. The molecule has 0 atom stereocenters. The van der Waals surface area contributed by atoms with Crippen LogP contribution in [0.2, 0.25) is 0 Å². The lowest BCUT2D eigenvalue weighted by molar-refractivity contribution is 0.00623. The molecule has 0 saturated carbocycles. The van der Waals surface area contributed by atoms with Gasteiger partial charge in [0.1, 0.15) is 5.75 Å². The zero-order valence-corrected chi connectivity index (χ0v) is 13.3. The van der Waals surface area contributed by atoms with E-state index in [0.717, 1.165) is 0 Å². The van der Waals surface area contributed by atoms with Gasteiger partial charge in [-0.25, -0.2) is 4.39 Å². The van der Waals surface area contributed by atoms with E-state index < -0.39 is 11.9 Å². The number of aliphatic hydroxyl groups is 1. The largest absolute Gasteiger partial charge is 0.453 e. The molecule has 0 radical (unpaired) electrons. The Morgan fingerprint density at radius 2 is 2.08 bits per heavy atom. The van der Waals surface area contributed by atoms with Gasteiger partial charge in [0.15, 0.2) is 11.6 Å². The number of aromatic nitrogens is 1. The Hall–Kier alpha value is -2.51. The molecule has 1 N–H and O–H groups in total. The van der Waals surface area contributed by atoms with Crippen molar-refractivity contribution in [2.45, 2.75) is 6.10 Å². The van der Waals surface area contributed by atoms with Gasteiger partial charge < -0.3 is 14.7 Å². The van der Waals surface area contributed by atoms with Gasteiger partial charge in [-0.15, -0.1) is 11.3 Å². The minimum atomic E-state index is -0.454. The molecule has 0 bridgehead atoms. The maximum atomic E-state index is 13.8. The highest BCUT2D eigenvalue weighted by molar-refractivity contribution is 7.21. The van der Waals surface area contributed by atoms with Crippen LogP contribution in [0.3, 0.4) is 0 Å². The molecule has 4 rings (SSSR count). The first kappa shape index (κ1) is 15.0. The normalized spacial score (nSPS) is 14.7. The molecule has 3 heterocycles. The summed E-state index contributed by atoms with van der Waals surface area (Å²) in [4.78, 5) is 18.7. The van der Waals surface area contributed by atoms with Gasteiger partial charge in [0.2, 0.25) is 0 Å².